The zero-order valence-electron chi connectivity index (χ0n) is 11.5. The number of rotatable bonds is 1. The Kier molecular flexibility index (Phi) is 3.33. The molecule has 3 nitrogen and oxygen atoms in total. The van der Waals surface area contributed by atoms with Crippen molar-refractivity contribution >= 4 is 11.6 Å². The van der Waals surface area contributed by atoms with Gasteiger partial charge in [0, 0.05) is 18.8 Å². The first-order chi connectivity index (χ1) is 8.39. The molecule has 1 aromatic carbocycles. The van der Waals surface area contributed by atoms with E-state index in [0.29, 0.717) is 11.3 Å². The van der Waals surface area contributed by atoms with Crippen molar-refractivity contribution < 1.29 is 4.79 Å². The Balaban J connectivity index is 2.23. The molecule has 2 N–H and O–H groups in total. The van der Waals surface area contributed by atoms with E-state index in [-0.39, 0.29) is 11.3 Å². The highest BCUT2D eigenvalue weighted by Crippen LogP contribution is 2.30. The molecule has 1 aromatic rings. The van der Waals surface area contributed by atoms with Crippen LogP contribution in [-0.4, -0.2) is 23.9 Å². The number of nitrogen functional groups attached to an aromatic ring is 1. The van der Waals surface area contributed by atoms with Crippen molar-refractivity contribution in [1.82, 2.24) is 4.90 Å². The smallest absolute Gasteiger partial charge is 0.255 e. The SMILES string of the molecule is Cc1ccc(N)c(C(=O)N2CCCC(C)(C)C2)c1. The Labute approximate surface area is 109 Å². The van der Waals surface area contributed by atoms with Gasteiger partial charge in [-0.15, -0.1) is 0 Å². The maximum Gasteiger partial charge on any atom is 0.255 e. The van der Waals surface area contributed by atoms with E-state index in [1.54, 1.807) is 0 Å². The van der Waals surface area contributed by atoms with Crippen LogP contribution in [0.5, 0.6) is 0 Å². The topological polar surface area (TPSA) is 46.3 Å². The number of anilines is 1. The highest BCUT2D eigenvalue weighted by atomic mass is 16.2. The van der Waals surface area contributed by atoms with Crippen molar-refractivity contribution in [3.8, 4) is 0 Å². The zero-order valence-corrected chi connectivity index (χ0v) is 11.5. The van der Waals surface area contributed by atoms with Gasteiger partial charge in [0.15, 0.2) is 0 Å². The number of hydrogen-bond donors (Lipinski definition) is 1. The minimum absolute atomic E-state index is 0.0731. The lowest BCUT2D eigenvalue weighted by atomic mass is 9.84. The minimum atomic E-state index is 0.0731. The molecule has 0 unspecified atom stereocenters. The minimum Gasteiger partial charge on any atom is -0.398 e. The van der Waals surface area contributed by atoms with Crippen LogP contribution in [0.15, 0.2) is 18.2 Å². The third-order valence-corrected chi connectivity index (χ3v) is 3.63. The van der Waals surface area contributed by atoms with Gasteiger partial charge in [0.2, 0.25) is 0 Å². The molecule has 1 aliphatic rings. The number of aryl methyl sites for hydroxylation is 1. The van der Waals surface area contributed by atoms with Crippen LogP contribution in [0.3, 0.4) is 0 Å². The van der Waals surface area contributed by atoms with Crippen LogP contribution < -0.4 is 5.73 Å². The van der Waals surface area contributed by atoms with Crippen LogP contribution in [0.1, 0.15) is 42.6 Å². The summed E-state index contributed by atoms with van der Waals surface area (Å²) in [4.78, 5) is 14.4. The number of hydrogen-bond acceptors (Lipinski definition) is 2. The maximum atomic E-state index is 12.5. The summed E-state index contributed by atoms with van der Waals surface area (Å²) in [6, 6.07) is 5.64. The molecule has 1 aliphatic heterocycles. The summed E-state index contributed by atoms with van der Waals surface area (Å²) >= 11 is 0. The second-order valence-electron chi connectivity index (χ2n) is 6.09. The molecule has 1 fully saturated rings. The lowest BCUT2D eigenvalue weighted by Gasteiger charge is -2.38. The molecule has 3 heteroatoms. The average Bonchev–Trinajstić information content (AvgIpc) is 2.30. The van der Waals surface area contributed by atoms with E-state index in [9.17, 15) is 4.79 Å². The molecule has 0 saturated carbocycles. The number of carbonyl (C=O) groups excluding carboxylic acids is 1. The Morgan fingerprint density at radius 1 is 1.39 bits per heavy atom. The summed E-state index contributed by atoms with van der Waals surface area (Å²) in [6.45, 7) is 8.07. The van der Waals surface area contributed by atoms with Gasteiger partial charge in [0.25, 0.3) is 5.91 Å². The molecule has 0 spiro atoms. The van der Waals surface area contributed by atoms with Gasteiger partial charge in [-0.05, 0) is 37.3 Å². The third-order valence-electron chi connectivity index (χ3n) is 3.63. The highest BCUT2D eigenvalue weighted by molar-refractivity contribution is 5.99. The summed E-state index contributed by atoms with van der Waals surface area (Å²) in [7, 11) is 0. The summed E-state index contributed by atoms with van der Waals surface area (Å²) in [6.07, 6.45) is 2.25. The van der Waals surface area contributed by atoms with Gasteiger partial charge in [0.1, 0.15) is 0 Å². The first kappa shape index (κ1) is 12.9. The van der Waals surface area contributed by atoms with Crippen LogP contribution in [0.25, 0.3) is 0 Å². The molecule has 1 amide bonds. The molecular formula is C15H22N2O. The van der Waals surface area contributed by atoms with Gasteiger partial charge in [-0.1, -0.05) is 25.5 Å². The summed E-state index contributed by atoms with van der Waals surface area (Å²) in [5.74, 6) is 0.0731. The Hall–Kier alpha value is -1.51. The third kappa shape index (κ3) is 2.66. The number of likely N-dealkylation sites (tertiary alicyclic amines) is 1. The number of nitrogens with zero attached hydrogens (tertiary/aromatic N) is 1. The Morgan fingerprint density at radius 3 is 2.78 bits per heavy atom. The van der Waals surface area contributed by atoms with Gasteiger partial charge in [-0.3, -0.25) is 4.79 Å². The van der Waals surface area contributed by atoms with Gasteiger partial charge in [-0.25, -0.2) is 0 Å². The number of piperidine rings is 1. The fourth-order valence-electron chi connectivity index (χ4n) is 2.62. The summed E-state index contributed by atoms with van der Waals surface area (Å²) < 4.78 is 0. The largest absolute Gasteiger partial charge is 0.398 e. The number of benzene rings is 1. The standard InChI is InChI=1S/C15H22N2O/c1-11-5-6-13(16)12(9-11)14(18)17-8-4-7-15(2,3)10-17/h5-6,9H,4,7-8,10,16H2,1-3H3. The van der Waals surface area contributed by atoms with Gasteiger partial charge in [0.05, 0.1) is 5.56 Å². The van der Waals surface area contributed by atoms with Crippen molar-refractivity contribution in [3.63, 3.8) is 0 Å². The van der Waals surface area contributed by atoms with E-state index >= 15 is 0 Å². The van der Waals surface area contributed by atoms with Crippen molar-refractivity contribution in [1.29, 1.82) is 0 Å². The maximum absolute atomic E-state index is 12.5. The fourth-order valence-corrected chi connectivity index (χ4v) is 2.62. The monoisotopic (exact) mass is 246 g/mol. The van der Waals surface area contributed by atoms with E-state index in [0.717, 1.165) is 25.1 Å². The quantitative estimate of drug-likeness (QED) is 0.774. The first-order valence-electron chi connectivity index (χ1n) is 6.54. The fraction of sp³-hybridized carbons (Fsp3) is 0.533. The predicted molar refractivity (Wildman–Crippen MR) is 74.5 cm³/mol. The van der Waals surface area contributed by atoms with Gasteiger partial charge < -0.3 is 10.6 Å². The molecule has 0 radical (unpaired) electrons. The predicted octanol–water partition coefficient (Wildman–Crippen LogP) is 2.84. The molecular weight excluding hydrogens is 224 g/mol. The Morgan fingerprint density at radius 2 is 2.11 bits per heavy atom. The molecule has 0 aliphatic carbocycles. The molecule has 2 rings (SSSR count). The van der Waals surface area contributed by atoms with Crippen LogP contribution >= 0.6 is 0 Å². The molecule has 1 heterocycles. The van der Waals surface area contributed by atoms with Gasteiger partial charge in [-0.2, -0.15) is 0 Å². The van der Waals surface area contributed by atoms with E-state index in [1.807, 2.05) is 30.0 Å². The first-order valence-corrected chi connectivity index (χ1v) is 6.54. The molecule has 98 valence electrons. The van der Waals surface area contributed by atoms with Crippen LogP contribution in [-0.2, 0) is 0 Å². The second kappa shape index (κ2) is 4.63. The zero-order chi connectivity index (χ0) is 13.3. The van der Waals surface area contributed by atoms with E-state index in [1.165, 1.54) is 6.42 Å². The summed E-state index contributed by atoms with van der Waals surface area (Å²) in [5, 5.41) is 0. The Bertz CT molecular complexity index is 466. The lowest BCUT2D eigenvalue weighted by Crippen LogP contribution is -2.43. The van der Waals surface area contributed by atoms with Crippen LogP contribution in [0.2, 0.25) is 0 Å². The number of nitrogens with two attached hydrogens (primary N) is 1. The molecule has 0 atom stereocenters. The van der Waals surface area contributed by atoms with Crippen molar-refractivity contribution in [3.05, 3.63) is 29.3 Å². The van der Waals surface area contributed by atoms with E-state index in [2.05, 4.69) is 13.8 Å². The lowest BCUT2D eigenvalue weighted by molar-refractivity contribution is 0.0584. The van der Waals surface area contributed by atoms with E-state index in [4.69, 9.17) is 5.73 Å². The molecule has 0 bridgehead atoms. The van der Waals surface area contributed by atoms with Crippen LogP contribution in [0.4, 0.5) is 5.69 Å². The van der Waals surface area contributed by atoms with Crippen molar-refractivity contribution in [2.45, 2.75) is 33.6 Å². The summed E-state index contributed by atoms with van der Waals surface area (Å²) in [5.41, 5.74) is 8.43. The average molecular weight is 246 g/mol. The highest BCUT2D eigenvalue weighted by Gasteiger charge is 2.30. The van der Waals surface area contributed by atoms with Crippen LogP contribution in [0, 0.1) is 12.3 Å². The van der Waals surface area contributed by atoms with Gasteiger partial charge >= 0.3 is 0 Å². The van der Waals surface area contributed by atoms with Crippen molar-refractivity contribution in [2.24, 2.45) is 5.41 Å². The number of amides is 1. The van der Waals surface area contributed by atoms with E-state index < -0.39 is 0 Å². The second-order valence-corrected chi connectivity index (χ2v) is 6.09. The normalized spacial score (nSPS) is 18.7. The van der Waals surface area contributed by atoms with Crippen molar-refractivity contribution in [2.75, 3.05) is 18.8 Å². The molecule has 18 heavy (non-hydrogen) atoms. The number of carbonyl (C=O) groups is 1. The molecule has 0 aromatic heterocycles. The molecule has 1 saturated heterocycles.